The number of hydrogen-bond acceptors (Lipinski definition) is 3. The monoisotopic (exact) mass is 307 g/mol. The maximum absolute atomic E-state index is 13.7. The molecule has 8 heteroatoms. The molecule has 2 rings (SSSR count). The second-order valence-corrected chi connectivity index (χ2v) is 7.50. The molecule has 1 aliphatic rings. The largest absolute Gasteiger partial charge is 0.336 e. The Bertz CT molecular complexity index is 531. The highest BCUT2D eigenvalue weighted by Gasteiger charge is 2.49. The average Bonchev–Trinajstić information content (AvgIpc) is 2.86. The first-order valence-corrected chi connectivity index (χ1v) is 8.16. The van der Waals surface area contributed by atoms with E-state index in [0.29, 0.717) is 0 Å². The third kappa shape index (κ3) is 3.01. The van der Waals surface area contributed by atoms with Gasteiger partial charge in [0.15, 0.2) is 0 Å². The number of aryl methyl sites for hydroxylation is 1. The zero-order chi connectivity index (χ0) is 15.0. The molecule has 0 radical (unpaired) electrons. The summed E-state index contributed by atoms with van der Waals surface area (Å²) in [4.78, 5) is 3.83. The van der Waals surface area contributed by atoms with Crippen LogP contribution in [0.3, 0.4) is 0 Å². The lowest BCUT2D eigenvalue weighted by Gasteiger charge is -2.40. The third-order valence-corrected chi connectivity index (χ3v) is 5.61. The minimum Gasteiger partial charge on any atom is -0.336 e. The van der Waals surface area contributed by atoms with Crippen molar-refractivity contribution in [2.75, 3.05) is 18.8 Å². The highest BCUT2D eigenvalue weighted by molar-refractivity contribution is 7.89. The van der Waals surface area contributed by atoms with Crippen molar-refractivity contribution in [1.29, 1.82) is 0 Å². The van der Waals surface area contributed by atoms with Crippen LogP contribution in [-0.2, 0) is 16.6 Å². The number of alkyl halides is 2. The van der Waals surface area contributed by atoms with E-state index in [-0.39, 0.29) is 25.4 Å². The Morgan fingerprint density at radius 2 is 1.90 bits per heavy atom. The Morgan fingerprint density at radius 3 is 2.40 bits per heavy atom. The summed E-state index contributed by atoms with van der Waals surface area (Å²) in [5.41, 5.74) is 0. The van der Waals surface area contributed by atoms with Crippen molar-refractivity contribution in [3.63, 3.8) is 0 Å². The second kappa shape index (κ2) is 5.40. The van der Waals surface area contributed by atoms with Crippen molar-refractivity contribution in [3.8, 4) is 0 Å². The van der Waals surface area contributed by atoms with Gasteiger partial charge < -0.3 is 4.57 Å². The van der Waals surface area contributed by atoms with Crippen LogP contribution in [-0.4, -0.2) is 47.0 Å². The quantitative estimate of drug-likeness (QED) is 0.846. The molecule has 1 saturated heterocycles. The highest BCUT2D eigenvalue weighted by Crippen LogP contribution is 2.38. The van der Waals surface area contributed by atoms with E-state index < -0.39 is 27.8 Å². The van der Waals surface area contributed by atoms with Crippen LogP contribution >= 0.6 is 0 Å². The summed E-state index contributed by atoms with van der Waals surface area (Å²) in [6.45, 7) is 2.83. The molecule has 1 fully saturated rings. The van der Waals surface area contributed by atoms with E-state index in [9.17, 15) is 17.2 Å². The van der Waals surface area contributed by atoms with Crippen molar-refractivity contribution in [2.45, 2.75) is 26.3 Å². The summed E-state index contributed by atoms with van der Waals surface area (Å²) in [5, 5.41) is 0. The fraction of sp³-hybridized carbons (Fsp3) is 0.750. The third-order valence-electron chi connectivity index (χ3n) is 3.83. The van der Waals surface area contributed by atoms with Crippen molar-refractivity contribution >= 4 is 10.0 Å². The Morgan fingerprint density at radius 1 is 1.30 bits per heavy atom. The number of rotatable bonds is 4. The van der Waals surface area contributed by atoms with Gasteiger partial charge in [0.25, 0.3) is 5.92 Å². The van der Waals surface area contributed by atoms with E-state index in [1.807, 2.05) is 0 Å². The van der Waals surface area contributed by atoms with Crippen molar-refractivity contribution in [1.82, 2.24) is 13.9 Å². The maximum Gasteiger partial charge on any atom is 0.255 e. The first-order chi connectivity index (χ1) is 9.23. The second-order valence-electron chi connectivity index (χ2n) is 5.41. The molecule has 0 amide bonds. The van der Waals surface area contributed by atoms with Crippen LogP contribution in [0.25, 0.3) is 0 Å². The standard InChI is InChI=1S/C12H19F2N3O2S/c1-10-7-17(8-11(2)12(10,13)14)20(18,19)6-5-16-4-3-15-9-16/h3-4,9-11H,5-8H2,1-2H3. The van der Waals surface area contributed by atoms with Crippen LogP contribution in [0.2, 0.25) is 0 Å². The lowest BCUT2D eigenvalue weighted by atomic mass is 9.88. The fourth-order valence-electron chi connectivity index (χ4n) is 2.41. The van der Waals surface area contributed by atoms with Crippen LogP contribution in [0.5, 0.6) is 0 Å². The van der Waals surface area contributed by atoms with Crippen LogP contribution in [0.15, 0.2) is 18.7 Å². The van der Waals surface area contributed by atoms with Crippen LogP contribution < -0.4 is 0 Å². The molecule has 0 saturated carbocycles. The zero-order valence-corrected chi connectivity index (χ0v) is 12.4. The smallest absolute Gasteiger partial charge is 0.255 e. The molecule has 2 atom stereocenters. The molecule has 1 aromatic rings. The van der Waals surface area contributed by atoms with E-state index in [1.165, 1.54) is 24.5 Å². The lowest BCUT2D eigenvalue weighted by Crippen LogP contribution is -2.53. The lowest BCUT2D eigenvalue weighted by molar-refractivity contribution is -0.126. The first kappa shape index (κ1) is 15.4. The maximum atomic E-state index is 13.7. The fourth-order valence-corrected chi connectivity index (χ4v) is 4.01. The average molecular weight is 307 g/mol. The van der Waals surface area contributed by atoms with Crippen molar-refractivity contribution in [3.05, 3.63) is 18.7 Å². The number of imidazole rings is 1. The molecule has 114 valence electrons. The number of nitrogens with zero attached hydrogens (tertiary/aromatic N) is 3. The van der Waals surface area contributed by atoms with E-state index in [4.69, 9.17) is 0 Å². The Balaban J connectivity index is 2.03. The van der Waals surface area contributed by atoms with Gasteiger partial charge in [-0.3, -0.25) is 0 Å². The molecule has 1 aromatic heterocycles. The number of sulfonamides is 1. The van der Waals surface area contributed by atoms with Gasteiger partial charge in [-0.05, 0) is 0 Å². The predicted molar refractivity (Wildman–Crippen MR) is 70.9 cm³/mol. The van der Waals surface area contributed by atoms with E-state index >= 15 is 0 Å². The highest BCUT2D eigenvalue weighted by atomic mass is 32.2. The van der Waals surface area contributed by atoms with Crippen LogP contribution in [0.1, 0.15) is 13.8 Å². The molecular weight excluding hydrogens is 288 g/mol. The molecule has 1 aliphatic heterocycles. The minimum atomic E-state index is -3.52. The van der Waals surface area contributed by atoms with Crippen LogP contribution in [0, 0.1) is 11.8 Å². The molecule has 20 heavy (non-hydrogen) atoms. The molecule has 0 spiro atoms. The minimum absolute atomic E-state index is 0.103. The summed E-state index contributed by atoms with van der Waals surface area (Å²) < 4.78 is 54.8. The summed E-state index contributed by atoms with van der Waals surface area (Å²) in [6, 6.07) is 0. The van der Waals surface area contributed by atoms with E-state index in [1.54, 1.807) is 17.0 Å². The predicted octanol–water partition coefficient (Wildman–Crippen LogP) is 1.44. The van der Waals surface area contributed by atoms with Gasteiger partial charge in [0.05, 0.1) is 12.1 Å². The summed E-state index contributed by atoms with van der Waals surface area (Å²) in [7, 11) is -3.52. The van der Waals surface area contributed by atoms with Gasteiger partial charge in [-0.25, -0.2) is 26.5 Å². The normalized spacial score (nSPS) is 27.6. The summed E-state index contributed by atoms with van der Waals surface area (Å²) in [6.07, 6.45) is 4.77. The summed E-state index contributed by atoms with van der Waals surface area (Å²) >= 11 is 0. The van der Waals surface area contributed by atoms with Gasteiger partial charge in [0.1, 0.15) is 0 Å². The Labute approximate surface area is 117 Å². The molecule has 5 nitrogen and oxygen atoms in total. The number of halogens is 2. The van der Waals surface area contributed by atoms with Gasteiger partial charge in [-0.1, -0.05) is 13.8 Å². The Hall–Kier alpha value is -1.02. The van der Waals surface area contributed by atoms with Gasteiger partial charge in [-0.15, -0.1) is 0 Å². The first-order valence-electron chi connectivity index (χ1n) is 6.55. The zero-order valence-electron chi connectivity index (χ0n) is 11.5. The topological polar surface area (TPSA) is 55.2 Å². The SMILES string of the molecule is CC1CN(S(=O)(=O)CCn2ccnc2)CC(C)C1(F)F. The van der Waals surface area contributed by atoms with E-state index in [2.05, 4.69) is 4.98 Å². The molecule has 0 aromatic carbocycles. The molecular formula is C12H19F2N3O2S. The van der Waals surface area contributed by atoms with Gasteiger partial charge in [-0.2, -0.15) is 0 Å². The number of aromatic nitrogens is 2. The molecule has 2 unspecified atom stereocenters. The molecule has 0 N–H and O–H groups in total. The van der Waals surface area contributed by atoms with Gasteiger partial charge in [0, 0.05) is 43.9 Å². The molecule has 0 bridgehead atoms. The molecule has 0 aliphatic carbocycles. The molecule has 2 heterocycles. The van der Waals surface area contributed by atoms with Crippen molar-refractivity contribution in [2.24, 2.45) is 11.8 Å². The number of hydrogen-bond donors (Lipinski definition) is 0. The Kier molecular flexibility index (Phi) is 4.15. The number of piperidine rings is 1. The summed E-state index contributed by atoms with van der Waals surface area (Å²) in [5.74, 6) is -4.84. The van der Waals surface area contributed by atoms with Gasteiger partial charge in [0.2, 0.25) is 10.0 Å². The van der Waals surface area contributed by atoms with Crippen LogP contribution in [0.4, 0.5) is 8.78 Å². The van der Waals surface area contributed by atoms with E-state index in [0.717, 1.165) is 0 Å². The van der Waals surface area contributed by atoms with Crippen molar-refractivity contribution < 1.29 is 17.2 Å². The van der Waals surface area contributed by atoms with Gasteiger partial charge >= 0.3 is 0 Å².